The zero-order valence-electron chi connectivity index (χ0n) is 14.8. The summed E-state index contributed by atoms with van der Waals surface area (Å²) in [4.78, 5) is 17.6. The quantitative estimate of drug-likeness (QED) is 0.283. The summed E-state index contributed by atoms with van der Waals surface area (Å²) >= 11 is 0. The summed E-state index contributed by atoms with van der Waals surface area (Å²) in [6.45, 7) is 7.89. The van der Waals surface area contributed by atoms with Crippen LogP contribution in [-0.4, -0.2) is 69.0 Å². The minimum atomic E-state index is -0.420. The number of halogens is 1. The molecule has 1 aliphatic heterocycles. The summed E-state index contributed by atoms with van der Waals surface area (Å²) in [6.07, 6.45) is 2.63. The van der Waals surface area contributed by atoms with Crippen molar-refractivity contribution >= 4 is 35.8 Å². The predicted molar refractivity (Wildman–Crippen MR) is 105 cm³/mol. The predicted octanol–water partition coefficient (Wildman–Crippen LogP) is 1.10. The van der Waals surface area contributed by atoms with Gasteiger partial charge in [-0.3, -0.25) is 4.79 Å². The number of aliphatic imine (C=N–C) groups is 1. The van der Waals surface area contributed by atoms with Crippen LogP contribution in [0.4, 0.5) is 0 Å². The zero-order chi connectivity index (χ0) is 16.9. The van der Waals surface area contributed by atoms with Crippen molar-refractivity contribution in [1.29, 1.82) is 0 Å². The van der Waals surface area contributed by atoms with Gasteiger partial charge in [0.2, 0.25) is 5.91 Å². The molecule has 1 amide bonds. The second kappa shape index (κ2) is 9.57. The minimum absolute atomic E-state index is 0. The molecule has 1 heterocycles. The SMILES string of the molecule is C=C(C)CNC(=NCC(=O)N(C)C)NC1CCC2(C1)OCCO2.I. The molecule has 24 heavy (non-hydrogen) atoms. The highest BCUT2D eigenvalue weighted by atomic mass is 127. The molecular formula is C16H29IN4O3. The lowest BCUT2D eigenvalue weighted by molar-refractivity contribution is -0.151. The number of amides is 1. The van der Waals surface area contributed by atoms with Gasteiger partial charge in [-0.25, -0.2) is 4.99 Å². The van der Waals surface area contributed by atoms with Crippen LogP contribution in [0.1, 0.15) is 26.2 Å². The van der Waals surface area contributed by atoms with Crippen LogP contribution in [0.5, 0.6) is 0 Å². The number of hydrogen-bond acceptors (Lipinski definition) is 4. The van der Waals surface area contributed by atoms with Gasteiger partial charge in [0.05, 0.1) is 13.2 Å². The van der Waals surface area contributed by atoms with Crippen molar-refractivity contribution in [3.8, 4) is 0 Å². The van der Waals surface area contributed by atoms with E-state index in [1.54, 1.807) is 14.1 Å². The molecule has 0 radical (unpaired) electrons. The van der Waals surface area contributed by atoms with E-state index in [-0.39, 0.29) is 42.5 Å². The fraction of sp³-hybridized carbons (Fsp3) is 0.750. The van der Waals surface area contributed by atoms with Crippen LogP contribution >= 0.6 is 24.0 Å². The summed E-state index contributed by atoms with van der Waals surface area (Å²) < 4.78 is 11.5. The van der Waals surface area contributed by atoms with Crippen molar-refractivity contribution in [1.82, 2.24) is 15.5 Å². The largest absolute Gasteiger partial charge is 0.353 e. The molecule has 1 unspecified atom stereocenters. The lowest BCUT2D eigenvalue weighted by Crippen LogP contribution is -2.44. The van der Waals surface area contributed by atoms with E-state index < -0.39 is 5.79 Å². The molecule has 0 aromatic heterocycles. The zero-order valence-corrected chi connectivity index (χ0v) is 17.1. The number of ether oxygens (including phenoxy) is 2. The monoisotopic (exact) mass is 452 g/mol. The smallest absolute Gasteiger partial charge is 0.243 e. The number of likely N-dealkylation sites (N-methyl/N-ethyl adjacent to an activating group) is 1. The molecule has 0 aromatic rings. The Hall–Kier alpha value is -0.870. The van der Waals surface area contributed by atoms with Gasteiger partial charge in [0.1, 0.15) is 6.54 Å². The number of carbonyl (C=O) groups is 1. The van der Waals surface area contributed by atoms with Gasteiger partial charge in [0.15, 0.2) is 11.7 Å². The number of hydrogen-bond donors (Lipinski definition) is 2. The summed E-state index contributed by atoms with van der Waals surface area (Å²) in [7, 11) is 3.45. The normalized spacial score (nSPS) is 22.1. The average Bonchev–Trinajstić information content (AvgIpc) is 3.11. The van der Waals surface area contributed by atoms with E-state index in [1.807, 2.05) is 6.92 Å². The van der Waals surface area contributed by atoms with Gasteiger partial charge in [-0.1, -0.05) is 12.2 Å². The van der Waals surface area contributed by atoms with E-state index in [9.17, 15) is 4.79 Å². The van der Waals surface area contributed by atoms with Gasteiger partial charge >= 0.3 is 0 Å². The molecule has 7 nitrogen and oxygen atoms in total. The fourth-order valence-corrected chi connectivity index (χ4v) is 2.72. The Balaban J connectivity index is 0.00000288. The van der Waals surface area contributed by atoms with Crippen LogP contribution in [0.3, 0.4) is 0 Å². The first-order valence-corrected chi connectivity index (χ1v) is 8.07. The van der Waals surface area contributed by atoms with Crippen LogP contribution in [0.15, 0.2) is 17.1 Å². The lowest BCUT2D eigenvalue weighted by Gasteiger charge is -2.22. The number of guanidine groups is 1. The minimum Gasteiger partial charge on any atom is -0.353 e. The summed E-state index contributed by atoms with van der Waals surface area (Å²) in [5, 5.41) is 6.59. The van der Waals surface area contributed by atoms with Gasteiger partial charge < -0.3 is 25.0 Å². The Morgan fingerprint density at radius 2 is 2.04 bits per heavy atom. The van der Waals surface area contributed by atoms with E-state index in [2.05, 4.69) is 22.2 Å². The molecule has 1 aliphatic carbocycles. The van der Waals surface area contributed by atoms with Crippen LogP contribution in [0, 0.1) is 0 Å². The Kier molecular flexibility index (Phi) is 8.44. The number of carbonyl (C=O) groups excluding carboxylic acids is 1. The van der Waals surface area contributed by atoms with Crippen molar-refractivity contribution in [3.05, 3.63) is 12.2 Å². The maximum absolute atomic E-state index is 11.7. The molecule has 1 spiro atoms. The number of nitrogens with zero attached hydrogens (tertiary/aromatic N) is 2. The third-order valence-electron chi connectivity index (χ3n) is 4.01. The first-order valence-electron chi connectivity index (χ1n) is 8.07. The van der Waals surface area contributed by atoms with E-state index in [0.717, 1.165) is 24.8 Å². The van der Waals surface area contributed by atoms with Crippen LogP contribution in [0.25, 0.3) is 0 Å². The lowest BCUT2D eigenvalue weighted by atomic mass is 10.2. The number of rotatable bonds is 5. The van der Waals surface area contributed by atoms with Gasteiger partial charge in [-0.2, -0.15) is 0 Å². The Morgan fingerprint density at radius 1 is 1.38 bits per heavy atom. The topological polar surface area (TPSA) is 75.2 Å². The fourth-order valence-electron chi connectivity index (χ4n) is 2.72. The van der Waals surface area contributed by atoms with Crippen molar-refractivity contribution in [2.45, 2.75) is 38.0 Å². The third kappa shape index (κ3) is 6.21. The second-order valence-corrected chi connectivity index (χ2v) is 6.46. The summed E-state index contributed by atoms with van der Waals surface area (Å²) in [5.41, 5.74) is 1.00. The van der Waals surface area contributed by atoms with E-state index in [4.69, 9.17) is 9.47 Å². The van der Waals surface area contributed by atoms with Gasteiger partial charge in [-0.15, -0.1) is 24.0 Å². The molecule has 1 saturated carbocycles. The average molecular weight is 452 g/mol. The van der Waals surface area contributed by atoms with Gasteiger partial charge in [0.25, 0.3) is 0 Å². The van der Waals surface area contributed by atoms with Crippen LogP contribution < -0.4 is 10.6 Å². The molecule has 2 N–H and O–H groups in total. The second-order valence-electron chi connectivity index (χ2n) is 6.46. The molecule has 0 bridgehead atoms. The standard InChI is InChI=1S/C16H28N4O3.HI/c1-12(2)10-17-15(18-11-14(21)20(3)4)19-13-5-6-16(9-13)22-7-8-23-16;/h13H,1,5-11H2,2-4H3,(H2,17,18,19);1H. The molecule has 1 saturated heterocycles. The number of nitrogens with one attached hydrogen (secondary N) is 2. The molecular weight excluding hydrogens is 423 g/mol. The van der Waals surface area contributed by atoms with Crippen molar-refractivity contribution in [2.75, 3.05) is 40.4 Å². The van der Waals surface area contributed by atoms with Crippen molar-refractivity contribution < 1.29 is 14.3 Å². The van der Waals surface area contributed by atoms with E-state index in [1.165, 1.54) is 4.90 Å². The highest BCUT2D eigenvalue weighted by Gasteiger charge is 2.44. The van der Waals surface area contributed by atoms with Gasteiger partial charge in [-0.05, 0) is 13.3 Å². The molecule has 2 fully saturated rings. The van der Waals surface area contributed by atoms with Crippen molar-refractivity contribution in [3.63, 3.8) is 0 Å². The Bertz CT molecular complexity index is 476. The third-order valence-corrected chi connectivity index (χ3v) is 4.01. The van der Waals surface area contributed by atoms with Crippen LogP contribution in [0.2, 0.25) is 0 Å². The van der Waals surface area contributed by atoms with Crippen LogP contribution in [-0.2, 0) is 14.3 Å². The molecule has 138 valence electrons. The molecule has 8 heteroatoms. The summed E-state index contributed by atoms with van der Waals surface area (Å²) in [6, 6.07) is 0.221. The Labute approximate surface area is 161 Å². The molecule has 1 atom stereocenters. The molecule has 0 aromatic carbocycles. The van der Waals surface area contributed by atoms with Crippen molar-refractivity contribution in [2.24, 2.45) is 4.99 Å². The maximum Gasteiger partial charge on any atom is 0.243 e. The van der Waals surface area contributed by atoms with E-state index >= 15 is 0 Å². The highest BCUT2D eigenvalue weighted by molar-refractivity contribution is 14.0. The highest BCUT2D eigenvalue weighted by Crippen LogP contribution is 2.37. The molecule has 2 rings (SSSR count). The Morgan fingerprint density at radius 3 is 2.62 bits per heavy atom. The molecule has 2 aliphatic rings. The summed E-state index contributed by atoms with van der Waals surface area (Å²) in [5.74, 6) is 0.173. The van der Waals surface area contributed by atoms with E-state index in [0.29, 0.717) is 25.7 Å². The first kappa shape index (κ1) is 21.2. The first-order chi connectivity index (χ1) is 10.9. The maximum atomic E-state index is 11.7. The van der Waals surface area contributed by atoms with Gasteiger partial charge in [0, 0.05) is 39.5 Å².